The summed E-state index contributed by atoms with van der Waals surface area (Å²) >= 11 is 0. The van der Waals surface area contributed by atoms with Crippen molar-refractivity contribution in [3.8, 4) is 17.2 Å². The van der Waals surface area contributed by atoms with Gasteiger partial charge >= 0.3 is 11.4 Å². The molecule has 5 atom stereocenters. The molecule has 12 rings (SSSR count). The van der Waals surface area contributed by atoms with Crippen LogP contribution in [-0.4, -0.2) is 72.5 Å². The molecule has 1 amide bonds. The minimum Gasteiger partial charge on any atom is -0.376 e. The highest BCUT2D eigenvalue weighted by Gasteiger charge is 2.59. The Labute approximate surface area is 376 Å². The first-order chi connectivity index (χ1) is 31.6. The number of H-pyrrole nitrogens is 1. The molecule has 0 unspecified atom stereocenters. The molecule has 17 heteroatoms. The second kappa shape index (κ2) is 14.1. The fraction of sp³-hybridized carbons (Fsp3) is 0.388. The van der Waals surface area contributed by atoms with E-state index in [1.165, 1.54) is 27.1 Å². The van der Waals surface area contributed by atoms with Crippen LogP contribution >= 0.6 is 0 Å². The van der Waals surface area contributed by atoms with Crippen LogP contribution in [-0.2, 0) is 23.7 Å². The van der Waals surface area contributed by atoms with Gasteiger partial charge in [0.25, 0.3) is 5.91 Å². The van der Waals surface area contributed by atoms with Gasteiger partial charge in [-0.2, -0.15) is 10.2 Å². The number of carbonyl (C=O) groups excluding carboxylic acids is 1. The van der Waals surface area contributed by atoms with Crippen LogP contribution in [0.4, 0.5) is 8.78 Å². The van der Waals surface area contributed by atoms with Crippen LogP contribution in [0.2, 0.25) is 0 Å². The van der Waals surface area contributed by atoms with Gasteiger partial charge in [-0.3, -0.25) is 28.1 Å². The number of fused-ring (bicyclic) bond motifs is 6. The molecule has 5 aromatic heterocycles. The van der Waals surface area contributed by atoms with E-state index >= 15 is 13.6 Å². The summed E-state index contributed by atoms with van der Waals surface area (Å²) in [4.78, 5) is 47.8. The summed E-state index contributed by atoms with van der Waals surface area (Å²) in [6, 6.07) is 14.3. The van der Waals surface area contributed by atoms with E-state index in [1.807, 2.05) is 11.0 Å². The lowest BCUT2D eigenvalue weighted by Crippen LogP contribution is -2.43. The molecule has 1 N–H and O–H groups in total. The normalized spacial score (nSPS) is 23.3. The van der Waals surface area contributed by atoms with Gasteiger partial charge in [0.1, 0.15) is 22.9 Å². The van der Waals surface area contributed by atoms with E-state index in [9.17, 15) is 9.59 Å². The second-order valence-electron chi connectivity index (χ2n) is 19.5. The van der Waals surface area contributed by atoms with Gasteiger partial charge in [0.2, 0.25) is 0 Å². The van der Waals surface area contributed by atoms with Crippen LogP contribution in [0.15, 0.2) is 81.2 Å². The summed E-state index contributed by atoms with van der Waals surface area (Å²) in [5.74, 6) is -0.764. The number of rotatable bonds is 7. The molecule has 1 aliphatic carbocycles. The van der Waals surface area contributed by atoms with Gasteiger partial charge in [0.15, 0.2) is 11.6 Å². The van der Waals surface area contributed by atoms with Crippen molar-refractivity contribution in [2.45, 2.75) is 102 Å². The van der Waals surface area contributed by atoms with Crippen molar-refractivity contribution in [2.75, 3.05) is 6.61 Å². The summed E-state index contributed by atoms with van der Waals surface area (Å²) in [6.07, 6.45) is 8.60. The Balaban J connectivity index is 1.02. The summed E-state index contributed by atoms with van der Waals surface area (Å²) < 4.78 is 50.5. The van der Waals surface area contributed by atoms with Crippen LogP contribution in [0.1, 0.15) is 109 Å². The number of benzene rings is 3. The number of hydrogen-bond acceptors (Lipinski definition) is 8. The van der Waals surface area contributed by atoms with Crippen LogP contribution < -0.4 is 11.4 Å². The second-order valence-corrected chi connectivity index (χ2v) is 19.5. The van der Waals surface area contributed by atoms with Crippen molar-refractivity contribution in [3.63, 3.8) is 0 Å². The van der Waals surface area contributed by atoms with Crippen molar-refractivity contribution >= 4 is 27.7 Å². The van der Waals surface area contributed by atoms with E-state index in [0.717, 1.165) is 29.4 Å². The third-order valence-electron chi connectivity index (χ3n) is 15.0. The molecule has 338 valence electrons. The minimum absolute atomic E-state index is 0.00752. The first kappa shape index (κ1) is 40.6. The smallest absolute Gasteiger partial charge is 0.376 e. The molecule has 2 saturated heterocycles. The van der Waals surface area contributed by atoms with Crippen molar-refractivity contribution in [3.05, 3.63) is 139 Å². The average Bonchev–Trinajstić information content (AvgIpc) is 3.99. The summed E-state index contributed by atoms with van der Waals surface area (Å²) in [7, 11) is 1.72. The molecule has 3 aliphatic heterocycles. The van der Waals surface area contributed by atoms with E-state index in [4.69, 9.17) is 14.4 Å². The molecule has 3 aromatic carbocycles. The highest BCUT2D eigenvalue weighted by molar-refractivity contribution is 6.00. The van der Waals surface area contributed by atoms with Gasteiger partial charge < -0.3 is 14.2 Å². The minimum atomic E-state index is -0.847. The molecule has 0 radical (unpaired) electrons. The lowest BCUT2D eigenvalue weighted by Gasteiger charge is -2.36. The predicted octanol–water partition coefficient (Wildman–Crippen LogP) is 7.58. The maximum Gasteiger partial charge on any atom is 0.438 e. The Morgan fingerprint density at radius 1 is 0.924 bits per heavy atom. The largest absolute Gasteiger partial charge is 0.438 e. The molecular formula is C49H48F2N10O5. The van der Waals surface area contributed by atoms with Crippen molar-refractivity contribution in [1.82, 2.24) is 48.3 Å². The third kappa shape index (κ3) is 5.80. The van der Waals surface area contributed by atoms with Crippen molar-refractivity contribution in [2.24, 2.45) is 13.0 Å². The number of aromatic amines is 1. The van der Waals surface area contributed by atoms with Gasteiger partial charge in [-0.15, -0.1) is 0 Å². The first-order valence-electron chi connectivity index (χ1n) is 22.6. The van der Waals surface area contributed by atoms with E-state index in [0.29, 0.717) is 77.5 Å². The number of hydrogen-bond donors (Lipinski definition) is 1. The maximum atomic E-state index is 16.2. The van der Waals surface area contributed by atoms with Gasteiger partial charge in [-0.05, 0) is 131 Å². The fourth-order valence-electron chi connectivity index (χ4n) is 11.7. The van der Waals surface area contributed by atoms with E-state index in [2.05, 4.69) is 58.8 Å². The number of amides is 1. The number of aryl methyl sites for hydroxylation is 3. The number of ether oxygens (including phenoxy) is 1. The standard InChI is InChI=1S/C49H48F2N10O5/c1-25-17-32(18-26(2)41(25)50)61-43(58-15-14-57(47(58)64)38-12-11-36-33(42(38)51)24-52-56(36)6)40-34(54-61)21-31-8-10-37(40)59(31)44(62)39-20-30-19-28(29-13-16-65-48(4,5)23-29)7-9-35(30)60(39)49(22-27(49)3)45-53-46(63)66-55-45/h7,9,11-12,14-15,17-20,24,27,29,31,37H,8,10,13,16,21-23H2,1-6H3,(H,53,55,63)/t27-,29+,31+,37-,49-/m0/s1. The molecule has 1 saturated carbocycles. The Hall–Kier alpha value is -6.88. The molecule has 3 fully saturated rings. The highest BCUT2D eigenvalue weighted by Crippen LogP contribution is 2.57. The lowest BCUT2D eigenvalue weighted by molar-refractivity contribution is -0.0592. The number of carbonyl (C=O) groups is 1. The van der Waals surface area contributed by atoms with Crippen molar-refractivity contribution in [1.29, 1.82) is 0 Å². The Morgan fingerprint density at radius 3 is 2.41 bits per heavy atom. The Bertz CT molecular complexity index is 3450. The van der Waals surface area contributed by atoms with Gasteiger partial charge in [-0.1, -0.05) is 18.1 Å². The van der Waals surface area contributed by atoms with Crippen LogP contribution in [0.25, 0.3) is 39.0 Å². The Morgan fingerprint density at radius 2 is 1.68 bits per heavy atom. The number of nitrogens with one attached hydrogen (secondary N) is 1. The van der Waals surface area contributed by atoms with Crippen molar-refractivity contribution < 1.29 is 22.8 Å². The number of aromatic nitrogens is 9. The molecule has 8 aromatic rings. The number of nitrogens with zero attached hydrogens (tertiary/aromatic N) is 9. The molecule has 66 heavy (non-hydrogen) atoms. The van der Waals surface area contributed by atoms with E-state index in [1.54, 1.807) is 60.7 Å². The first-order valence-corrected chi connectivity index (χ1v) is 22.6. The quantitative estimate of drug-likeness (QED) is 0.172. The average molecular weight is 895 g/mol. The van der Waals surface area contributed by atoms with Gasteiger partial charge in [-0.25, -0.2) is 23.1 Å². The fourth-order valence-corrected chi connectivity index (χ4v) is 11.7. The van der Waals surface area contributed by atoms with E-state index in [-0.39, 0.29) is 46.3 Å². The molecule has 8 heterocycles. The highest BCUT2D eigenvalue weighted by atomic mass is 19.1. The van der Waals surface area contributed by atoms with Crippen LogP contribution in [0.3, 0.4) is 0 Å². The van der Waals surface area contributed by atoms with Gasteiger partial charge in [0.05, 0.1) is 45.8 Å². The van der Waals surface area contributed by atoms with Crippen LogP contribution in [0.5, 0.6) is 0 Å². The summed E-state index contributed by atoms with van der Waals surface area (Å²) in [5, 5.41) is 14.7. The molecule has 15 nitrogen and oxygen atoms in total. The zero-order valence-corrected chi connectivity index (χ0v) is 37.4. The summed E-state index contributed by atoms with van der Waals surface area (Å²) in [6.45, 7) is 10.3. The molecule has 4 aliphatic rings. The molecular weight excluding hydrogens is 847 g/mol. The monoisotopic (exact) mass is 894 g/mol. The zero-order valence-electron chi connectivity index (χ0n) is 37.4. The summed E-state index contributed by atoms with van der Waals surface area (Å²) in [5.41, 5.74) is 4.22. The molecule has 0 spiro atoms. The lowest BCUT2D eigenvalue weighted by atomic mass is 9.83. The van der Waals surface area contributed by atoms with E-state index < -0.39 is 28.8 Å². The number of imidazole rings is 1. The zero-order chi connectivity index (χ0) is 45.7. The topological polar surface area (TPSA) is 156 Å². The van der Waals surface area contributed by atoms with Gasteiger partial charge in [0, 0.05) is 55.0 Å². The maximum absolute atomic E-state index is 16.2. The third-order valence-corrected chi connectivity index (χ3v) is 15.0. The Kier molecular flexibility index (Phi) is 8.65. The molecule has 2 bridgehead atoms. The SMILES string of the molecule is Cc1cc(-n2nc3c(c2-n2ccn(-c4ccc5c(cnn5C)c4F)c2=O)[C@@H]2CC[C@H](C3)N2C(=O)c2cc3cc([C@@H]4CCOC(C)(C)C4)ccc3n2[C@@]2(c3noc(=O)[nH]3)C[C@@H]2C)cc(C)c1F. The van der Waals surface area contributed by atoms with Crippen LogP contribution in [0, 0.1) is 31.4 Å². The number of halogens is 2. The predicted molar refractivity (Wildman–Crippen MR) is 240 cm³/mol.